The van der Waals surface area contributed by atoms with Gasteiger partial charge in [-0.2, -0.15) is 0 Å². The van der Waals surface area contributed by atoms with Crippen molar-refractivity contribution >= 4 is 17.3 Å². The van der Waals surface area contributed by atoms with Gasteiger partial charge in [-0.1, -0.05) is 30.3 Å². The van der Waals surface area contributed by atoms with Crippen LogP contribution >= 0.6 is 0 Å². The van der Waals surface area contributed by atoms with E-state index in [4.69, 9.17) is 0 Å². The first-order valence-electron chi connectivity index (χ1n) is 6.91. The topological polar surface area (TPSA) is 20.3 Å². The van der Waals surface area contributed by atoms with Crippen LogP contribution in [0.5, 0.6) is 0 Å². The van der Waals surface area contributed by atoms with Crippen molar-refractivity contribution in [2.75, 3.05) is 4.90 Å². The largest absolute Gasteiger partial charge is 0.281 e. The lowest BCUT2D eigenvalue weighted by Gasteiger charge is -2.20. The molecule has 1 aromatic carbocycles. The maximum atomic E-state index is 13.5. The molecule has 2 nitrogen and oxygen atoms in total. The predicted molar refractivity (Wildman–Crippen MR) is 82.2 cm³/mol. The minimum Gasteiger partial charge on any atom is -0.281 e. The van der Waals surface area contributed by atoms with Crippen LogP contribution in [-0.4, -0.2) is 5.91 Å². The standard InChI is InChI=1S/C18H12F3NO/c1-11(23)22(15-9-16(19)18(21)17(20)10-15)14-7-12-5-3-2-4-6-13(12)8-14/h2-10H,1H3. The zero-order valence-electron chi connectivity index (χ0n) is 12.2. The van der Waals surface area contributed by atoms with Crippen molar-refractivity contribution in [3.05, 3.63) is 72.0 Å². The molecule has 116 valence electrons. The van der Waals surface area contributed by atoms with Crippen molar-refractivity contribution in [1.82, 2.24) is 0 Å². The summed E-state index contributed by atoms with van der Waals surface area (Å²) in [6.45, 7) is 1.27. The minimum atomic E-state index is -1.56. The number of amides is 1. The average Bonchev–Trinajstić information content (AvgIpc) is 2.74. The number of halogens is 3. The van der Waals surface area contributed by atoms with Crippen LogP contribution in [0.2, 0.25) is 0 Å². The quantitative estimate of drug-likeness (QED) is 0.616. The molecule has 5 heteroatoms. The third-order valence-electron chi connectivity index (χ3n) is 3.51. The van der Waals surface area contributed by atoms with Crippen LogP contribution in [0, 0.1) is 17.5 Å². The van der Waals surface area contributed by atoms with E-state index in [2.05, 4.69) is 0 Å². The molecule has 0 spiro atoms. The lowest BCUT2D eigenvalue weighted by atomic mass is 10.2. The van der Waals surface area contributed by atoms with Gasteiger partial charge >= 0.3 is 0 Å². The summed E-state index contributed by atoms with van der Waals surface area (Å²) in [4.78, 5) is 13.1. The van der Waals surface area contributed by atoms with Crippen molar-refractivity contribution in [2.45, 2.75) is 6.92 Å². The number of hydrogen-bond donors (Lipinski definition) is 0. The van der Waals surface area contributed by atoms with Crippen LogP contribution in [0.1, 0.15) is 6.92 Å². The van der Waals surface area contributed by atoms with E-state index in [9.17, 15) is 18.0 Å². The van der Waals surface area contributed by atoms with Gasteiger partial charge in [-0.25, -0.2) is 13.2 Å². The molecule has 0 unspecified atom stereocenters. The molecule has 0 saturated heterocycles. The van der Waals surface area contributed by atoms with Crippen LogP contribution in [0.4, 0.5) is 24.5 Å². The summed E-state index contributed by atoms with van der Waals surface area (Å²) in [6, 6.07) is 14.4. The Balaban J connectivity index is 2.16. The third kappa shape index (κ3) is 2.77. The Morgan fingerprint density at radius 2 is 1.30 bits per heavy atom. The average molecular weight is 315 g/mol. The van der Waals surface area contributed by atoms with Crippen molar-refractivity contribution in [3.63, 3.8) is 0 Å². The number of rotatable bonds is 2. The number of anilines is 2. The highest BCUT2D eigenvalue weighted by Gasteiger charge is 2.21. The van der Waals surface area contributed by atoms with E-state index < -0.39 is 23.4 Å². The molecule has 0 atom stereocenters. The molecule has 23 heavy (non-hydrogen) atoms. The molecule has 2 aliphatic rings. The van der Waals surface area contributed by atoms with Crippen molar-refractivity contribution < 1.29 is 18.0 Å². The Kier molecular flexibility index (Phi) is 3.78. The van der Waals surface area contributed by atoms with Crippen LogP contribution < -0.4 is 4.90 Å². The van der Waals surface area contributed by atoms with E-state index in [1.165, 1.54) is 6.92 Å². The molecule has 0 N–H and O–H groups in total. The molecule has 0 aromatic heterocycles. The molecule has 0 radical (unpaired) electrons. The van der Waals surface area contributed by atoms with Crippen molar-refractivity contribution in [3.8, 4) is 11.1 Å². The number of fused-ring (bicyclic) bond motifs is 1. The molecule has 0 saturated carbocycles. The van der Waals surface area contributed by atoms with E-state index >= 15 is 0 Å². The first-order valence-corrected chi connectivity index (χ1v) is 6.91. The second kappa shape index (κ2) is 5.76. The van der Waals surface area contributed by atoms with Crippen molar-refractivity contribution in [1.29, 1.82) is 0 Å². The Morgan fingerprint density at radius 1 is 0.826 bits per heavy atom. The summed E-state index contributed by atoms with van der Waals surface area (Å²) >= 11 is 0. The molecule has 3 rings (SSSR count). The van der Waals surface area contributed by atoms with Gasteiger partial charge in [-0.05, 0) is 23.3 Å². The van der Waals surface area contributed by atoms with E-state index in [0.29, 0.717) is 5.69 Å². The molecule has 2 aliphatic carbocycles. The fraction of sp³-hybridized carbons (Fsp3) is 0.0556. The molecule has 0 bridgehead atoms. The molecule has 1 amide bonds. The Bertz CT molecular complexity index is 809. The predicted octanol–water partition coefficient (Wildman–Crippen LogP) is 4.89. The van der Waals surface area contributed by atoms with E-state index in [1.54, 1.807) is 12.1 Å². The number of carbonyl (C=O) groups is 1. The summed E-state index contributed by atoms with van der Waals surface area (Å²) in [7, 11) is 0. The zero-order valence-corrected chi connectivity index (χ0v) is 12.2. The van der Waals surface area contributed by atoms with Gasteiger partial charge < -0.3 is 0 Å². The van der Waals surface area contributed by atoms with Gasteiger partial charge in [0.15, 0.2) is 17.5 Å². The highest BCUT2D eigenvalue weighted by Crippen LogP contribution is 2.35. The van der Waals surface area contributed by atoms with Gasteiger partial charge in [0.05, 0.1) is 11.4 Å². The van der Waals surface area contributed by atoms with Gasteiger partial charge in [-0.15, -0.1) is 0 Å². The highest BCUT2D eigenvalue weighted by molar-refractivity contribution is 6.01. The number of nitrogens with zero attached hydrogens (tertiary/aromatic N) is 1. The normalized spacial score (nSPS) is 10.8. The maximum Gasteiger partial charge on any atom is 0.228 e. The molecule has 0 fully saturated rings. The van der Waals surface area contributed by atoms with Crippen LogP contribution in [0.3, 0.4) is 0 Å². The first-order chi connectivity index (χ1) is 11.0. The fourth-order valence-corrected chi connectivity index (χ4v) is 2.51. The molecule has 0 heterocycles. The third-order valence-corrected chi connectivity index (χ3v) is 3.51. The van der Waals surface area contributed by atoms with Gasteiger partial charge in [0.1, 0.15) is 0 Å². The monoisotopic (exact) mass is 315 g/mol. The zero-order chi connectivity index (χ0) is 16.6. The van der Waals surface area contributed by atoms with Gasteiger partial charge in [0, 0.05) is 19.1 Å². The van der Waals surface area contributed by atoms with Crippen LogP contribution in [0.25, 0.3) is 11.1 Å². The second-order valence-corrected chi connectivity index (χ2v) is 5.11. The van der Waals surface area contributed by atoms with Gasteiger partial charge in [0.2, 0.25) is 5.91 Å². The highest BCUT2D eigenvalue weighted by atomic mass is 19.2. The summed E-state index contributed by atoms with van der Waals surface area (Å²) in [5.41, 5.74) is 2.15. The lowest BCUT2D eigenvalue weighted by molar-refractivity contribution is -0.115. The van der Waals surface area contributed by atoms with Gasteiger partial charge in [-0.3, -0.25) is 9.69 Å². The molecular formula is C18H12F3NO. The summed E-state index contributed by atoms with van der Waals surface area (Å²) in [6.07, 6.45) is 0. The smallest absolute Gasteiger partial charge is 0.228 e. The minimum absolute atomic E-state index is 0.0615. The molecule has 1 aromatic rings. The lowest BCUT2D eigenvalue weighted by Crippen LogP contribution is -2.22. The van der Waals surface area contributed by atoms with E-state index in [0.717, 1.165) is 28.2 Å². The summed E-state index contributed by atoms with van der Waals surface area (Å²) < 4.78 is 40.1. The van der Waals surface area contributed by atoms with Crippen LogP contribution in [0.15, 0.2) is 54.6 Å². The second-order valence-electron chi connectivity index (χ2n) is 5.11. The SMILES string of the molecule is CC(=O)N(c1cc2cccccc-2c1)c1cc(F)c(F)c(F)c1. The first kappa shape index (κ1) is 15.1. The Hall–Kier alpha value is -2.82. The van der Waals surface area contributed by atoms with Crippen LogP contribution in [-0.2, 0) is 4.79 Å². The van der Waals surface area contributed by atoms with E-state index in [-0.39, 0.29) is 5.69 Å². The number of carbonyl (C=O) groups excluding carboxylic acids is 1. The van der Waals surface area contributed by atoms with Gasteiger partial charge in [0.25, 0.3) is 0 Å². The maximum absolute atomic E-state index is 13.5. The van der Waals surface area contributed by atoms with E-state index in [1.807, 2.05) is 30.3 Å². The molecular weight excluding hydrogens is 303 g/mol. The van der Waals surface area contributed by atoms with Crippen molar-refractivity contribution in [2.24, 2.45) is 0 Å². The molecule has 0 aliphatic heterocycles. The Morgan fingerprint density at radius 3 is 1.78 bits per heavy atom. The fourth-order valence-electron chi connectivity index (χ4n) is 2.51. The summed E-state index contributed by atoms with van der Waals surface area (Å²) in [5, 5.41) is 0. The Labute approximate surface area is 131 Å². The summed E-state index contributed by atoms with van der Waals surface area (Å²) in [5.74, 6) is -4.67. The number of benzene rings is 1. The number of hydrogen-bond acceptors (Lipinski definition) is 1.